The van der Waals surface area contributed by atoms with Gasteiger partial charge in [-0.05, 0) is 26.7 Å². The highest BCUT2D eigenvalue weighted by Crippen LogP contribution is 2.30. The van der Waals surface area contributed by atoms with E-state index >= 15 is 0 Å². The molecule has 5 heteroatoms. The van der Waals surface area contributed by atoms with E-state index in [-0.39, 0.29) is 0 Å². The standard InChI is InChI=1S/C13H19N5/c1-9(2)18-8-15-7-10(18)12-13(14)17-6-4-3-5-11(17)16-12/h7-9H,3-6,14H2,1-2H3. The van der Waals surface area contributed by atoms with Gasteiger partial charge in [-0.25, -0.2) is 9.97 Å². The molecule has 0 aliphatic carbocycles. The zero-order chi connectivity index (χ0) is 12.7. The van der Waals surface area contributed by atoms with Gasteiger partial charge in [0.1, 0.15) is 17.3 Å². The highest BCUT2D eigenvalue weighted by atomic mass is 15.2. The van der Waals surface area contributed by atoms with Crippen LogP contribution in [0.2, 0.25) is 0 Å². The molecule has 3 heterocycles. The van der Waals surface area contributed by atoms with E-state index in [1.807, 2.05) is 12.5 Å². The maximum Gasteiger partial charge on any atom is 0.133 e. The minimum Gasteiger partial charge on any atom is -0.383 e. The summed E-state index contributed by atoms with van der Waals surface area (Å²) in [6.45, 7) is 5.26. The number of fused-ring (bicyclic) bond motifs is 1. The van der Waals surface area contributed by atoms with E-state index in [2.05, 4.69) is 28.0 Å². The molecule has 5 nitrogen and oxygen atoms in total. The van der Waals surface area contributed by atoms with E-state index in [0.717, 1.165) is 36.0 Å². The number of rotatable bonds is 2. The van der Waals surface area contributed by atoms with Crippen LogP contribution in [0, 0.1) is 0 Å². The molecule has 2 aromatic heterocycles. The van der Waals surface area contributed by atoms with Gasteiger partial charge in [0.2, 0.25) is 0 Å². The van der Waals surface area contributed by atoms with Gasteiger partial charge in [-0.3, -0.25) is 0 Å². The minimum atomic E-state index is 0.362. The molecule has 0 spiro atoms. The van der Waals surface area contributed by atoms with Crippen molar-refractivity contribution in [3.63, 3.8) is 0 Å². The molecule has 96 valence electrons. The molecule has 0 bridgehead atoms. The smallest absolute Gasteiger partial charge is 0.133 e. The summed E-state index contributed by atoms with van der Waals surface area (Å²) in [6, 6.07) is 0.362. The molecular weight excluding hydrogens is 226 g/mol. The first-order valence-corrected chi connectivity index (χ1v) is 6.55. The molecule has 0 atom stereocenters. The maximum atomic E-state index is 6.24. The quantitative estimate of drug-likeness (QED) is 0.882. The van der Waals surface area contributed by atoms with Crippen LogP contribution in [0.5, 0.6) is 0 Å². The third-order valence-corrected chi connectivity index (χ3v) is 3.58. The monoisotopic (exact) mass is 245 g/mol. The van der Waals surface area contributed by atoms with Crippen molar-refractivity contribution in [2.24, 2.45) is 0 Å². The normalized spacial score (nSPS) is 15.1. The number of aryl methyl sites for hydroxylation is 1. The number of anilines is 1. The highest BCUT2D eigenvalue weighted by molar-refractivity contribution is 5.68. The van der Waals surface area contributed by atoms with E-state index < -0.39 is 0 Å². The lowest BCUT2D eigenvalue weighted by atomic mass is 10.2. The largest absolute Gasteiger partial charge is 0.383 e. The lowest BCUT2D eigenvalue weighted by molar-refractivity contribution is 0.527. The Labute approximate surface area is 107 Å². The number of hydrogen-bond donors (Lipinski definition) is 1. The van der Waals surface area contributed by atoms with Crippen molar-refractivity contribution in [3.8, 4) is 11.4 Å². The van der Waals surface area contributed by atoms with Gasteiger partial charge in [-0.1, -0.05) is 0 Å². The summed E-state index contributed by atoms with van der Waals surface area (Å²) < 4.78 is 4.27. The lowest BCUT2D eigenvalue weighted by Crippen LogP contribution is -2.12. The number of nitrogens with zero attached hydrogens (tertiary/aromatic N) is 4. The summed E-state index contributed by atoms with van der Waals surface area (Å²) in [5.41, 5.74) is 8.15. The molecular formula is C13H19N5. The number of imidazole rings is 2. The van der Waals surface area contributed by atoms with E-state index in [0.29, 0.717) is 6.04 Å². The number of nitrogens with two attached hydrogens (primary N) is 1. The third-order valence-electron chi connectivity index (χ3n) is 3.58. The first-order valence-electron chi connectivity index (χ1n) is 6.55. The second-order valence-corrected chi connectivity index (χ2v) is 5.15. The summed E-state index contributed by atoms with van der Waals surface area (Å²) in [4.78, 5) is 8.94. The van der Waals surface area contributed by atoms with Crippen molar-refractivity contribution in [2.45, 2.75) is 45.7 Å². The Hall–Kier alpha value is -1.78. The Morgan fingerprint density at radius 2 is 2.17 bits per heavy atom. The Balaban J connectivity index is 2.12. The van der Waals surface area contributed by atoms with E-state index in [1.54, 1.807) is 0 Å². The van der Waals surface area contributed by atoms with Crippen LogP contribution in [0.4, 0.5) is 5.82 Å². The molecule has 0 amide bonds. The van der Waals surface area contributed by atoms with Crippen LogP contribution in [0.3, 0.4) is 0 Å². The zero-order valence-corrected chi connectivity index (χ0v) is 10.9. The molecule has 2 aromatic rings. The second-order valence-electron chi connectivity index (χ2n) is 5.15. The van der Waals surface area contributed by atoms with Gasteiger partial charge in [0.15, 0.2) is 0 Å². The molecule has 18 heavy (non-hydrogen) atoms. The van der Waals surface area contributed by atoms with Gasteiger partial charge in [0, 0.05) is 19.0 Å². The number of hydrogen-bond acceptors (Lipinski definition) is 3. The Morgan fingerprint density at radius 3 is 2.89 bits per heavy atom. The molecule has 2 N–H and O–H groups in total. The molecule has 0 fully saturated rings. The summed E-state index contributed by atoms with van der Waals surface area (Å²) in [7, 11) is 0. The van der Waals surface area contributed by atoms with Gasteiger partial charge >= 0.3 is 0 Å². The second kappa shape index (κ2) is 4.15. The number of nitrogen functional groups attached to an aromatic ring is 1. The molecule has 0 unspecified atom stereocenters. The molecule has 1 aliphatic heterocycles. The first kappa shape index (κ1) is 11.3. The lowest BCUT2D eigenvalue weighted by Gasteiger charge is -2.14. The SMILES string of the molecule is CC(C)n1cncc1-c1nc2n(c1N)CCCC2. The zero-order valence-electron chi connectivity index (χ0n) is 10.9. The highest BCUT2D eigenvalue weighted by Gasteiger charge is 2.21. The molecule has 0 radical (unpaired) electrons. The fourth-order valence-electron chi connectivity index (χ4n) is 2.60. The van der Waals surface area contributed by atoms with E-state index in [9.17, 15) is 0 Å². The Morgan fingerprint density at radius 1 is 1.33 bits per heavy atom. The summed E-state index contributed by atoms with van der Waals surface area (Å²) in [5.74, 6) is 1.90. The van der Waals surface area contributed by atoms with Crippen LogP contribution in [-0.2, 0) is 13.0 Å². The van der Waals surface area contributed by atoms with E-state index in [1.165, 1.54) is 12.8 Å². The van der Waals surface area contributed by atoms with Crippen LogP contribution < -0.4 is 5.73 Å². The van der Waals surface area contributed by atoms with Crippen LogP contribution in [0.25, 0.3) is 11.4 Å². The predicted octanol–water partition coefficient (Wildman–Crippen LogP) is 2.25. The topological polar surface area (TPSA) is 61.7 Å². The van der Waals surface area contributed by atoms with Crippen molar-refractivity contribution < 1.29 is 0 Å². The van der Waals surface area contributed by atoms with Gasteiger partial charge in [0.25, 0.3) is 0 Å². The van der Waals surface area contributed by atoms with Crippen LogP contribution in [0.15, 0.2) is 12.5 Å². The van der Waals surface area contributed by atoms with Crippen molar-refractivity contribution in [1.29, 1.82) is 0 Å². The first-order chi connectivity index (χ1) is 8.68. The van der Waals surface area contributed by atoms with Crippen LogP contribution in [-0.4, -0.2) is 19.1 Å². The summed E-state index contributed by atoms with van der Waals surface area (Å²) in [6.07, 6.45) is 7.12. The maximum absolute atomic E-state index is 6.24. The molecule has 0 saturated carbocycles. The minimum absolute atomic E-state index is 0.362. The molecule has 0 saturated heterocycles. The molecule has 3 rings (SSSR count). The fourth-order valence-corrected chi connectivity index (χ4v) is 2.60. The van der Waals surface area contributed by atoms with Gasteiger partial charge in [0.05, 0.1) is 18.2 Å². The van der Waals surface area contributed by atoms with Crippen LogP contribution in [0.1, 0.15) is 38.6 Å². The van der Waals surface area contributed by atoms with Gasteiger partial charge < -0.3 is 14.9 Å². The van der Waals surface area contributed by atoms with Crippen molar-refractivity contribution in [2.75, 3.05) is 5.73 Å². The average Bonchev–Trinajstić information content (AvgIpc) is 2.94. The fraction of sp³-hybridized carbons (Fsp3) is 0.538. The van der Waals surface area contributed by atoms with Crippen molar-refractivity contribution in [1.82, 2.24) is 19.1 Å². The predicted molar refractivity (Wildman–Crippen MR) is 71.2 cm³/mol. The summed E-state index contributed by atoms with van der Waals surface area (Å²) in [5, 5.41) is 0. The van der Waals surface area contributed by atoms with Crippen molar-refractivity contribution >= 4 is 5.82 Å². The Kier molecular flexibility index (Phi) is 2.61. The average molecular weight is 245 g/mol. The van der Waals surface area contributed by atoms with Gasteiger partial charge in [-0.2, -0.15) is 0 Å². The third kappa shape index (κ3) is 1.62. The molecule has 0 aromatic carbocycles. The van der Waals surface area contributed by atoms with Gasteiger partial charge in [-0.15, -0.1) is 0 Å². The Bertz CT molecular complexity index is 564. The van der Waals surface area contributed by atoms with Crippen molar-refractivity contribution in [3.05, 3.63) is 18.3 Å². The summed E-state index contributed by atoms with van der Waals surface area (Å²) >= 11 is 0. The van der Waals surface area contributed by atoms with E-state index in [4.69, 9.17) is 10.7 Å². The van der Waals surface area contributed by atoms with Crippen LogP contribution >= 0.6 is 0 Å². The molecule has 1 aliphatic rings. The number of aromatic nitrogens is 4.